The van der Waals surface area contributed by atoms with Gasteiger partial charge in [0.05, 0.1) is 16.6 Å². The van der Waals surface area contributed by atoms with Gasteiger partial charge in [-0.2, -0.15) is 0 Å². The molecule has 268 valence electrons. The second kappa shape index (κ2) is 14.8. The van der Waals surface area contributed by atoms with E-state index >= 15 is 0 Å². The molecule has 0 radical (unpaired) electrons. The molecule has 0 spiro atoms. The molecule has 4 heterocycles. The third-order valence-electron chi connectivity index (χ3n) is 9.12. The summed E-state index contributed by atoms with van der Waals surface area (Å²) in [5.41, 5.74) is 2.86. The van der Waals surface area contributed by atoms with Gasteiger partial charge in [-0.1, -0.05) is 48.0 Å². The number of halogens is 1. The summed E-state index contributed by atoms with van der Waals surface area (Å²) in [6, 6.07) is 31.9. The maximum atomic E-state index is 13.3. The fourth-order valence-electron chi connectivity index (χ4n) is 6.49. The molecular weight excluding hydrogens is 708 g/mol. The monoisotopic (exact) mass is 738 g/mol. The molecule has 0 bridgehead atoms. The molecule has 0 atom stereocenters. The van der Waals surface area contributed by atoms with Crippen LogP contribution in [0.1, 0.15) is 37.4 Å². The summed E-state index contributed by atoms with van der Waals surface area (Å²) in [6.07, 6.45) is 3.09. The maximum absolute atomic E-state index is 13.3. The van der Waals surface area contributed by atoms with Crippen LogP contribution in [-0.4, -0.2) is 47.5 Å². The number of hydrogen-bond donors (Lipinski definition) is 1. The van der Waals surface area contributed by atoms with E-state index in [-0.39, 0.29) is 33.6 Å². The Labute approximate surface area is 313 Å². The predicted octanol–water partition coefficient (Wildman–Crippen LogP) is 7.24. The quantitative estimate of drug-likeness (QED) is 0.177. The van der Waals surface area contributed by atoms with Gasteiger partial charge in [0.2, 0.25) is 10.9 Å². The number of aromatic nitrogens is 2. The molecular formula is C43H31ClN2O8. The van der Waals surface area contributed by atoms with E-state index in [9.17, 15) is 19.2 Å². The van der Waals surface area contributed by atoms with E-state index in [4.69, 9.17) is 30.5 Å². The van der Waals surface area contributed by atoms with E-state index in [0.717, 1.165) is 11.1 Å². The Bertz CT molecular complexity index is 2720. The first-order chi connectivity index (χ1) is 26.3. The van der Waals surface area contributed by atoms with Crippen molar-refractivity contribution < 1.29 is 28.5 Å². The molecule has 0 saturated heterocycles. The van der Waals surface area contributed by atoms with Crippen LogP contribution in [0.25, 0.3) is 21.8 Å². The number of benzene rings is 5. The third-order valence-corrected chi connectivity index (χ3v) is 9.35. The van der Waals surface area contributed by atoms with E-state index in [2.05, 4.69) is 4.98 Å². The molecule has 0 amide bonds. The van der Waals surface area contributed by atoms with Gasteiger partial charge >= 0.3 is 0 Å². The summed E-state index contributed by atoms with van der Waals surface area (Å²) in [7, 11) is 0. The Hall–Kier alpha value is -6.65. The predicted molar refractivity (Wildman–Crippen MR) is 205 cm³/mol. The normalized spacial score (nSPS) is 12.8. The molecule has 1 N–H and O–H groups in total. The van der Waals surface area contributed by atoms with Gasteiger partial charge in [-0.05, 0) is 78.4 Å². The van der Waals surface area contributed by atoms with Gasteiger partial charge in [-0.3, -0.25) is 19.2 Å². The smallest absolute Gasteiger partial charge is 0.200 e. The van der Waals surface area contributed by atoms with Crippen LogP contribution in [0.5, 0.6) is 23.0 Å². The zero-order chi connectivity index (χ0) is 37.2. The molecule has 10 nitrogen and oxygen atoms in total. The van der Waals surface area contributed by atoms with Crippen LogP contribution in [0.15, 0.2) is 131 Å². The Kier molecular flexibility index (Phi) is 9.42. The maximum Gasteiger partial charge on any atom is 0.200 e. The Morgan fingerprint density at radius 2 is 1.19 bits per heavy atom. The molecule has 0 unspecified atom stereocenters. The number of hydrogen-bond acceptors (Lipinski definition) is 8. The molecule has 9 rings (SSSR count). The van der Waals surface area contributed by atoms with Crippen molar-refractivity contribution in [3.05, 3.63) is 175 Å². The minimum atomic E-state index is -0.354. The lowest BCUT2D eigenvalue weighted by Gasteiger charge is -2.19. The lowest BCUT2D eigenvalue weighted by molar-refractivity contribution is 0.102. The molecule has 2 aliphatic rings. The summed E-state index contributed by atoms with van der Waals surface area (Å²) < 4.78 is 24.0. The number of rotatable bonds is 6. The van der Waals surface area contributed by atoms with Crippen molar-refractivity contribution in [1.29, 1.82) is 0 Å². The molecule has 7 aromatic rings. The topological polar surface area (TPSA) is 126 Å². The first-order valence-corrected chi connectivity index (χ1v) is 17.6. The van der Waals surface area contributed by atoms with Crippen LogP contribution in [0.2, 0.25) is 5.02 Å². The first-order valence-electron chi connectivity index (χ1n) is 17.2. The van der Waals surface area contributed by atoms with Gasteiger partial charge < -0.3 is 28.5 Å². The molecule has 0 fully saturated rings. The van der Waals surface area contributed by atoms with Crippen LogP contribution in [0.3, 0.4) is 0 Å². The molecule has 2 aromatic heterocycles. The minimum Gasteiger partial charge on any atom is -0.486 e. The molecule has 54 heavy (non-hydrogen) atoms. The number of nitrogens with zero attached hydrogens (tertiary/aromatic N) is 1. The van der Waals surface area contributed by atoms with Crippen molar-refractivity contribution in [3.63, 3.8) is 0 Å². The van der Waals surface area contributed by atoms with Crippen LogP contribution in [-0.2, 0) is 6.54 Å². The van der Waals surface area contributed by atoms with Crippen molar-refractivity contribution in [2.24, 2.45) is 0 Å². The number of pyridine rings is 2. The number of ether oxygens (including phenoxy) is 4. The average Bonchev–Trinajstić information content (AvgIpc) is 3.21. The number of fused-ring (bicyclic) bond motifs is 4. The highest BCUT2D eigenvalue weighted by Gasteiger charge is 2.21. The molecule has 2 aliphatic heterocycles. The number of carbonyl (C=O) groups is 2. The fourth-order valence-corrected chi connectivity index (χ4v) is 6.70. The number of H-pyrrole nitrogens is 1. The molecule has 5 aromatic carbocycles. The van der Waals surface area contributed by atoms with Crippen LogP contribution < -0.4 is 29.8 Å². The van der Waals surface area contributed by atoms with E-state index in [1.165, 1.54) is 6.20 Å². The van der Waals surface area contributed by atoms with E-state index < -0.39 is 0 Å². The van der Waals surface area contributed by atoms with Gasteiger partial charge in [0.25, 0.3) is 0 Å². The summed E-state index contributed by atoms with van der Waals surface area (Å²) in [5.74, 6) is 1.55. The van der Waals surface area contributed by atoms with Gasteiger partial charge in [-0.15, -0.1) is 0 Å². The number of carbonyl (C=O) groups excluding carboxylic acids is 2. The third kappa shape index (κ3) is 6.82. The van der Waals surface area contributed by atoms with Gasteiger partial charge in [0, 0.05) is 51.4 Å². The average molecular weight is 739 g/mol. The number of aromatic amines is 1. The summed E-state index contributed by atoms with van der Waals surface area (Å²) >= 11 is 6.14. The van der Waals surface area contributed by atoms with E-state index in [0.29, 0.717) is 88.4 Å². The highest BCUT2D eigenvalue weighted by molar-refractivity contribution is 6.30. The summed E-state index contributed by atoms with van der Waals surface area (Å²) in [4.78, 5) is 54.7. The Morgan fingerprint density at radius 3 is 1.85 bits per heavy atom. The Morgan fingerprint density at radius 1 is 0.611 bits per heavy atom. The highest BCUT2D eigenvalue weighted by Crippen LogP contribution is 2.32. The Balaban J connectivity index is 0.000000160. The van der Waals surface area contributed by atoms with E-state index in [1.807, 2.05) is 47.0 Å². The SMILES string of the molecule is O=C(c1ccc2c(c1)OCCO2)c1c[nH]c2ccccc2c1=O.O=C(c1ccc2c(c1)OCCO2)c1cn(Cc2cccc(Cl)c2)c2ccccc2c1=O. The number of ketones is 2. The lowest BCUT2D eigenvalue weighted by atomic mass is 10.0. The number of nitrogens with one attached hydrogen (secondary N) is 1. The second-order valence-corrected chi connectivity index (χ2v) is 13.0. The lowest BCUT2D eigenvalue weighted by Crippen LogP contribution is -2.21. The second-order valence-electron chi connectivity index (χ2n) is 12.6. The van der Waals surface area contributed by atoms with Crippen molar-refractivity contribution in [2.45, 2.75) is 6.54 Å². The minimum absolute atomic E-state index is 0.109. The molecule has 0 saturated carbocycles. The largest absolute Gasteiger partial charge is 0.486 e. The number of para-hydroxylation sites is 2. The zero-order valence-electron chi connectivity index (χ0n) is 28.7. The van der Waals surface area contributed by atoms with Crippen LogP contribution >= 0.6 is 11.6 Å². The van der Waals surface area contributed by atoms with Gasteiger partial charge in [0.1, 0.15) is 26.4 Å². The van der Waals surface area contributed by atoms with Gasteiger partial charge in [0.15, 0.2) is 34.6 Å². The van der Waals surface area contributed by atoms with Crippen molar-refractivity contribution in [1.82, 2.24) is 9.55 Å². The zero-order valence-corrected chi connectivity index (χ0v) is 29.4. The molecule has 0 aliphatic carbocycles. The summed E-state index contributed by atoms with van der Waals surface area (Å²) in [5, 5.41) is 1.62. The van der Waals surface area contributed by atoms with Crippen LogP contribution in [0, 0.1) is 0 Å². The van der Waals surface area contributed by atoms with Crippen molar-refractivity contribution in [2.75, 3.05) is 26.4 Å². The standard InChI is InChI=1S/C25H18ClNO4.C18H13NO4/c26-18-5-3-4-16(12-18)14-27-15-20(25(29)19-6-1-2-7-21(19)27)24(28)17-8-9-22-23(13-17)31-11-10-30-22;20-17(11-5-6-15-16(9-11)23-8-7-22-15)13-10-19-14-4-2-1-3-12(14)18(13)21/h1-9,12-13,15H,10-11,14H2;1-6,9-10H,7-8H2,(H,19,21). The van der Waals surface area contributed by atoms with Gasteiger partial charge in [-0.25, -0.2) is 0 Å². The summed E-state index contributed by atoms with van der Waals surface area (Å²) in [6.45, 7) is 2.31. The van der Waals surface area contributed by atoms with Crippen molar-refractivity contribution in [3.8, 4) is 23.0 Å². The van der Waals surface area contributed by atoms with E-state index in [1.54, 1.807) is 72.9 Å². The first kappa shape index (κ1) is 34.4. The molecule has 11 heteroatoms. The van der Waals surface area contributed by atoms with Crippen molar-refractivity contribution >= 4 is 45.0 Å². The highest BCUT2D eigenvalue weighted by atomic mass is 35.5. The fraction of sp³-hybridized carbons (Fsp3) is 0.116. The van der Waals surface area contributed by atoms with Crippen LogP contribution in [0.4, 0.5) is 0 Å².